The van der Waals surface area contributed by atoms with Crippen molar-refractivity contribution in [2.24, 2.45) is 5.41 Å². The van der Waals surface area contributed by atoms with Crippen molar-refractivity contribution in [2.45, 2.75) is 13.8 Å². The highest BCUT2D eigenvalue weighted by atomic mass is 16.1. The molecule has 76 valence electrons. The normalized spacial score (nSPS) is 24.6. The molecule has 0 heterocycles. The number of hydrogen-bond acceptors (Lipinski definition) is 3. The standard InChI is InChI=1S/C12H11NO2/c1-9(15)12(2)4-3-10(7-13)5-11(6-12)8-14/h3-6,8H,1-2H3. The summed E-state index contributed by atoms with van der Waals surface area (Å²) in [6, 6.07) is 1.95. The highest BCUT2D eigenvalue weighted by molar-refractivity contribution is 5.89. The predicted octanol–water partition coefficient (Wildman–Crippen LogP) is 1.73. The molecule has 3 heteroatoms. The fraction of sp³-hybridized carbons (Fsp3) is 0.250. The van der Waals surface area contributed by atoms with Gasteiger partial charge in [0.2, 0.25) is 0 Å². The maximum absolute atomic E-state index is 11.4. The second-order valence-corrected chi connectivity index (χ2v) is 3.65. The Hall–Kier alpha value is -1.95. The minimum atomic E-state index is -0.800. The number of nitrogens with zero attached hydrogens (tertiary/aromatic N) is 1. The van der Waals surface area contributed by atoms with Crippen molar-refractivity contribution >= 4 is 12.1 Å². The van der Waals surface area contributed by atoms with Gasteiger partial charge in [0.25, 0.3) is 0 Å². The van der Waals surface area contributed by atoms with E-state index in [-0.39, 0.29) is 5.78 Å². The van der Waals surface area contributed by atoms with Crippen LogP contribution in [0, 0.1) is 16.7 Å². The van der Waals surface area contributed by atoms with E-state index in [9.17, 15) is 9.59 Å². The van der Waals surface area contributed by atoms with Gasteiger partial charge in [0.1, 0.15) is 12.1 Å². The van der Waals surface area contributed by atoms with Gasteiger partial charge in [-0.2, -0.15) is 5.26 Å². The Morgan fingerprint density at radius 2 is 2.27 bits per heavy atom. The molecule has 0 aromatic heterocycles. The molecule has 1 unspecified atom stereocenters. The maximum atomic E-state index is 11.4. The summed E-state index contributed by atoms with van der Waals surface area (Å²) in [5.41, 5.74) is -0.0710. The van der Waals surface area contributed by atoms with Gasteiger partial charge >= 0.3 is 0 Å². The Kier molecular flexibility index (Phi) is 3.01. The van der Waals surface area contributed by atoms with Crippen molar-refractivity contribution in [1.29, 1.82) is 5.26 Å². The number of carbonyl (C=O) groups is 2. The van der Waals surface area contributed by atoms with Gasteiger partial charge in [-0.3, -0.25) is 9.59 Å². The van der Waals surface area contributed by atoms with Gasteiger partial charge in [0.15, 0.2) is 0 Å². The highest BCUT2D eigenvalue weighted by Crippen LogP contribution is 2.27. The number of hydrogen-bond donors (Lipinski definition) is 0. The SMILES string of the molecule is CC(=O)C1(C)C=CC(C#N)=CC(C=O)=C1. The zero-order valence-corrected chi connectivity index (χ0v) is 8.65. The number of carbonyl (C=O) groups excluding carboxylic acids is 2. The Bertz CT molecular complexity index is 435. The third-order valence-electron chi connectivity index (χ3n) is 2.42. The Morgan fingerprint density at radius 3 is 2.73 bits per heavy atom. The van der Waals surface area contributed by atoms with Gasteiger partial charge in [0, 0.05) is 5.57 Å². The molecule has 1 rings (SSSR count). The van der Waals surface area contributed by atoms with Crippen molar-refractivity contribution in [2.75, 3.05) is 0 Å². The Labute approximate surface area is 88.4 Å². The van der Waals surface area contributed by atoms with Crippen molar-refractivity contribution in [3.8, 4) is 6.07 Å². The summed E-state index contributed by atoms with van der Waals surface area (Å²) in [5, 5.41) is 8.74. The summed E-state index contributed by atoms with van der Waals surface area (Å²) in [6.07, 6.45) is 6.89. The van der Waals surface area contributed by atoms with Crippen LogP contribution in [0.3, 0.4) is 0 Å². The smallest absolute Gasteiger partial charge is 0.149 e. The molecule has 1 aliphatic carbocycles. The quantitative estimate of drug-likeness (QED) is 0.639. The molecule has 3 nitrogen and oxygen atoms in total. The first-order valence-corrected chi connectivity index (χ1v) is 4.52. The van der Waals surface area contributed by atoms with Gasteiger partial charge < -0.3 is 0 Å². The fourth-order valence-corrected chi connectivity index (χ4v) is 1.28. The molecule has 15 heavy (non-hydrogen) atoms. The molecule has 0 aromatic carbocycles. The number of aldehydes is 1. The third-order valence-corrected chi connectivity index (χ3v) is 2.42. The van der Waals surface area contributed by atoms with Gasteiger partial charge in [-0.15, -0.1) is 0 Å². The monoisotopic (exact) mass is 201 g/mol. The first kappa shape index (κ1) is 11.1. The van der Waals surface area contributed by atoms with Crippen LogP contribution in [0.1, 0.15) is 13.8 Å². The van der Waals surface area contributed by atoms with Crippen molar-refractivity contribution in [1.82, 2.24) is 0 Å². The lowest BCUT2D eigenvalue weighted by Gasteiger charge is -2.17. The van der Waals surface area contributed by atoms with E-state index in [1.807, 2.05) is 6.07 Å². The molecule has 0 spiro atoms. The molecule has 0 saturated heterocycles. The summed E-state index contributed by atoms with van der Waals surface area (Å²) >= 11 is 0. The molecule has 0 bridgehead atoms. The van der Waals surface area contributed by atoms with Crippen LogP contribution in [0.15, 0.2) is 35.5 Å². The first-order chi connectivity index (χ1) is 7.01. The topological polar surface area (TPSA) is 57.9 Å². The number of allylic oxidation sites excluding steroid dienone is 6. The summed E-state index contributed by atoms with van der Waals surface area (Å²) in [5.74, 6) is -0.0642. The third kappa shape index (κ3) is 2.29. The fourth-order valence-electron chi connectivity index (χ4n) is 1.28. The Balaban J connectivity index is 3.28. The molecule has 0 aliphatic heterocycles. The number of ketones is 1. The van der Waals surface area contributed by atoms with E-state index in [1.54, 1.807) is 25.2 Å². The van der Waals surface area contributed by atoms with Crippen molar-refractivity contribution in [3.63, 3.8) is 0 Å². The zero-order chi connectivity index (χ0) is 11.5. The van der Waals surface area contributed by atoms with Crippen LogP contribution in [0.4, 0.5) is 0 Å². The molecule has 0 saturated carbocycles. The van der Waals surface area contributed by atoms with E-state index in [0.717, 1.165) is 0 Å². The summed E-state index contributed by atoms with van der Waals surface area (Å²) in [4.78, 5) is 22.1. The van der Waals surface area contributed by atoms with Crippen LogP contribution in [-0.4, -0.2) is 12.1 Å². The van der Waals surface area contributed by atoms with Crippen LogP contribution >= 0.6 is 0 Å². The van der Waals surface area contributed by atoms with Gasteiger partial charge in [0.05, 0.1) is 17.1 Å². The average molecular weight is 201 g/mol. The zero-order valence-electron chi connectivity index (χ0n) is 8.65. The molecule has 0 aromatic rings. The van der Waals surface area contributed by atoms with Crippen LogP contribution in [0.5, 0.6) is 0 Å². The molecule has 0 N–H and O–H groups in total. The molecule has 1 atom stereocenters. The van der Waals surface area contributed by atoms with E-state index < -0.39 is 5.41 Å². The van der Waals surface area contributed by atoms with Crippen LogP contribution in [-0.2, 0) is 9.59 Å². The van der Waals surface area contributed by atoms with E-state index in [2.05, 4.69) is 0 Å². The minimum Gasteiger partial charge on any atom is -0.299 e. The molecular weight excluding hydrogens is 190 g/mol. The Morgan fingerprint density at radius 1 is 1.60 bits per heavy atom. The number of Topliss-reactive ketones (excluding diaryl/α,β-unsaturated/α-hetero) is 1. The first-order valence-electron chi connectivity index (χ1n) is 4.52. The van der Waals surface area contributed by atoms with E-state index >= 15 is 0 Å². The van der Waals surface area contributed by atoms with Crippen molar-refractivity contribution in [3.05, 3.63) is 35.5 Å². The number of nitriles is 1. The molecule has 1 aliphatic rings. The second-order valence-electron chi connectivity index (χ2n) is 3.65. The summed E-state index contributed by atoms with van der Waals surface area (Å²) < 4.78 is 0. The molecule has 0 amide bonds. The summed E-state index contributed by atoms with van der Waals surface area (Å²) in [7, 11) is 0. The van der Waals surface area contributed by atoms with E-state index in [0.29, 0.717) is 17.4 Å². The average Bonchev–Trinajstić information content (AvgIpc) is 2.38. The lowest BCUT2D eigenvalue weighted by atomic mass is 9.85. The minimum absolute atomic E-state index is 0.0642. The van der Waals surface area contributed by atoms with Crippen LogP contribution < -0.4 is 0 Å². The van der Waals surface area contributed by atoms with Crippen molar-refractivity contribution < 1.29 is 9.59 Å². The van der Waals surface area contributed by atoms with Gasteiger partial charge in [-0.05, 0) is 26.0 Å². The maximum Gasteiger partial charge on any atom is 0.149 e. The molecule has 0 fully saturated rings. The second kappa shape index (κ2) is 4.05. The van der Waals surface area contributed by atoms with Gasteiger partial charge in [-0.1, -0.05) is 12.2 Å². The number of rotatable bonds is 2. The largest absolute Gasteiger partial charge is 0.299 e. The van der Waals surface area contributed by atoms with Gasteiger partial charge in [-0.25, -0.2) is 0 Å². The summed E-state index contributed by atoms with van der Waals surface area (Å²) in [6.45, 7) is 3.17. The highest BCUT2D eigenvalue weighted by Gasteiger charge is 2.25. The van der Waals surface area contributed by atoms with Crippen LogP contribution in [0.2, 0.25) is 0 Å². The van der Waals surface area contributed by atoms with E-state index in [1.165, 1.54) is 13.0 Å². The lowest BCUT2D eigenvalue weighted by molar-refractivity contribution is -0.121. The van der Waals surface area contributed by atoms with E-state index in [4.69, 9.17) is 5.26 Å². The predicted molar refractivity (Wildman–Crippen MR) is 55.8 cm³/mol. The molecule has 0 radical (unpaired) electrons. The lowest BCUT2D eigenvalue weighted by Crippen LogP contribution is -2.20. The molecular formula is C12H11NO2. The van der Waals surface area contributed by atoms with Crippen LogP contribution in [0.25, 0.3) is 0 Å².